The number of carbonyl (C=O) groups excluding carboxylic acids is 3. The quantitative estimate of drug-likeness (QED) is 0.194. The minimum absolute atomic E-state index is 0.0934. The normalized spacial score (nSPS) is 21.4. The van der Waals surface area contributed by atoms with Crippen molar-refractivity contribution in [2.75, 3.05) is 62.7 Å². The fourth-order valence-electron chi connectivity index (χ4n) is 10.0. The van der Waals surface area contributed by atoms with Crippen LogP contribution in [0.5, 0.6) is 0 Å². The summed E-state index contributed by atoms with van der Waals surface area (Å²) in [5, 5.41) is 11.5. The first-order valence-electron chi connectivity index (χ1n) is 21.1. The third kappa shape index (κ3) is 6.93. The minimum Gasteiger partial charge on any atom is -0.370 e. The zero-order valence-electron chi connectivity index (χ0n) is 34.4. The summed E-state index contributed by atoms with van der Waals surface area (Å²) in [6.07, 6.45) is 5.82. The van der Waals surface area contributed by atoms with Gasteiger partial charge >= 0.3 is 5.69 Å². The number of fused-ring (bicyclic) bond motifs is 3. The van der Waals surface area contributed by atoms with E-state index in [0.29, 0.717) is 12.3 Å². The number of hydrogen-bond acceptors (Lipinski definition) is 8. The Morgan fingerprint density at radius 1 is 0.983 bits per heavy atom. The highest BCUT2D eigenvalue weighted by Gasteiger charge is 2.34. The molecule has 58 heavy (non-hydrogen) atoms. The van der Waals surface area contributed by atoms with Gasteiger partial charge in [0, 0.05) is 94.2 Å². The maximum Gasteiger partial charge on any atom is 0.329 e. The number of nitrogens with one attached hydrogen (secondary N) is 3. The molecule has 3 aromatic heterocycles. The van der Waals surface area contributed by atoms with Gasteiger partial charge in [-0.1, -0.05) is 26.0 Å². The van der Waals surface area contributed by atoms with Crippen molar-refractivity contribution in [3.63, 3.8) is 0 Å². The molecule has 0 saturated carbocycles. The summed E-state index contributed by atoms with van der Waals surface area (Å²) in [6.45, 7) is 13.1. The zero-order chi connectivity index (χ0) is 40.5. The van der Waals surface area contributed by atoms with Crippen molar-refractivity contribution in [2.45, 2.75) is 77.8 Å². The summed E-state index contributed by atoms with van der Waals surface area (Å²) < 4.78 is 3.21. The maximum atomic E-state index is 13.9. The Labute approximate surface area is 338 Å². The average Bonchev–Trinajstić information content (AvgIpc) is 3.90. The van der Waals surface area contributed by atoms with E-state index in [9.17, 15) is 19.2 Å². The molecule has 4 aliphatic rings. The van der Waals surface area contributed by atoms with Gasteiger partial charge in [0.2, 0.25) is 17.7 Å². The van der Waals surface area contributed by atoms with Crippen LogP contribution in [-0.2, 0) is 34.3 Å². The number of piperazine rings is 1. The monoisotopic (exact) mass is 788 g/mol. The second-order valence-electron chi connectivity index (χ2n) is 18.0. The van der Waals surface area contributed by atoms with Crippen molar-refractivity contribution in [2.24, 2.45) is 18.4 Å². The molecule has 3 saturated heterocycles. The number of nitrogens with zero attached hydrogens (tertiary/aromatic N) is 7. The standard InChI is InChI=1S/C44H56N10O4/c1-27(42(57)49(4)30-10-9-29-23-33(45-32(29)24-30)39-31-13-16-44(2,3)25-34(31)47-48-39)52-21-19-51(20-22-52)26-28-14-17-53(18-15-28)35-7-6-8-36-40(35)50(5)43(58)54(36)37-11-12-38(55)46-41(37)56/h6-10,23-24,27-28,37,45H,11-22,25-26H2,1-5H3,(H,47,48)(H,46,55,56)/t27-,37?/m0/s1. The second-order valence-corrected chi connectivity index (χ2v) is 18.0. The summed E-state index contributed by atoms with van der Waals surface area (Å²) in [7, 11) is 3.65. The zero-order valence-corrected chi connectivity index (χ0v) is 34.4. The molecule has 3 N–H and O–H groups in total. The Morgan fingerprint density at radius 2 is 1.76 bits per heavy atom. The molecule has 2 aromatic carbocycles. The third-order valence-corrected chi connectivity index (χ3v) is 13.6. The minimum atomic E-state index is -0.696. The number of amides is 3. The number of imide groups is 1. The molecule has 306 valence electrons. The Morgan fingerprint density at radius 3 is 2.52 bits per heavy atom. The first-order valence-corrected chi connectivity index (χ1v) is 21.1. The summed E-state index contributed by atoms with van der Waals surface area (Å²) in [6, 6.07) is 13.4. The van der Waals surface area contributed by atoms with Crippen LogP contribution in [0.1, 0.15) is 70.2 Å². The Kier molecular flexibility index (Phi) is 9.82. The lowest BCUT2D eigenvalue weighted by molar-refractivity contribution is -0.135. The predicted octanol–water partition coefficient (Wildman–Crippen LogP) is 4.59. The molecule has 2 atom stereocenters. The van der Waals surface area contributed by atoms with Crippen LogP contribution in [0.15, 0.2) is 47.3 Å². The number of carbonyl (C=O) groups is 3. The van der Waals surface area contributed by atoms with Gasteiger partial charge in [0.05, 0.1) is 28.5 Å². The van der Waals surface area contributed by atoms with Gasteiger partial charge in [-0.15, -0.1) is 0 Å². The average molecular weight is 789 g/mol. The number of aryl methyl sites for hydroxylation is 1. The topological polar surface area (TPSA) is 148 Å². The lowest BCUT2D eigenvalue weighted by atomic mass is 9.76. The first-order chi connectivity index (χ1) is 27.8. The van der Waals surface area contributed by atoms with E-state index in [-0.39, 0.29) is 35.4 Å². The molecule has 14 nitrogen and oxygen atoms in total. The van der Waals surface area contributed by atoms with E-state index < -0.39 is 11.9 Å². The fraction of sp³-hybridized carbons (Fsp3) is 0.523. The van der Waals surface area contributed by atoms with E-state index in [4.69, 9.17) is 5.10 Å². The van der Waals surface area contributed by atoms with Crippen molar-refractivity contribution in [3.8, 4) is 11.4 Å². The summed E-state index contributed by atoms with van der Waals surface area (Å²) in [5.74, 6) is -0.0499. The predicted molar refractivity (Wildman–Crippen MR) is 226 cm³/mol. The molecular weight excluding hydrogens is 733 g/mol. The molecule has 3 amide bonds. The van der Waals surface area contributed by atoms with Crippen LogP contribution in [-0.4, -0.2) is 111 Å². The van der Waals surface area contributed by atoms with Gasteiger partial charge in [0.1, 0.15) is 11.7 Å². The lowest BCUT2D eigenvalue weighted by Crippen LogP contribution is -2.55. The molecule has 0 radical (unpaired) electrons. The van der Waals surface area contributed by atoms with Crippen LogP contribution in [0, 0.1) is 11.3 Å². The van der Waals surface area contributed by atoms with Crippen molar-refractivity contribution in [1.29, 1.82) is 0 Å². The number of anilines is 2. The van der Waals surface area contributed by atoms with Crippen molar-refractivity contribution < 1.29 is 14.4 Å². The van der Waals surface area contributed by atoms with Gasteiger partial charge in [-0.3, -0.25) is 38.8 Å². The molecule has 5 aromatic rings. The number of benzene rings is 2. The first kappa shape index (κ1) is 38.3. The van der Waals surface area contributed by atoms with Gasteiger partial charge in [0.25, 0.3) is 0 Å². The molecule has 3 fully saturated rings. The number of imidazole rings is 1. The molecule has 1 unspecified atom stereocenters. The molecule has 0 bridgehead atoms. The second kappa shape index (κ2) is 14.9. The van der Waals surface area contributed by atoms with Crippen LogP contribution in [0.25, 0.3) is 33.3 Å². The molecule has 6 heterocycles. The lowest BCUT2D eigenvalue weighted by Gasteiger charge is -2.41. The van der Waals surface area contributed by atoms with Crippen molar-refractivity contribution in [3.05, 3.63) is 64.2 Å². The van der Waals surface area contributed by atoms with Crippen LogP contribution in [0.3, 0.4) is 0 Å². The van der Waals surface area contributed by atoms with E-state index in [1.165, 1.54) is 11.3 Å². The number of H-pyrrole nitrogens is 2. The summed E-state index contributed by atoms with van der Waals surface area (Å²) >= 11 is 0. The summed E-state index contributed by atoms with van der Waals surface area (Å²) in [4.78, 5) is 64.5. The number of piperidine rings is 2. The van der Waals surface area contributed by atoms with Crippen LogP contribution in [0.2, 0.25) is 0 Å². The van der Waals surface area contributed by atoms with Gasteiger partial charge in [0.15, 0.2) is 0 Å². The van der Waals surface area contributed by atoms with Gasteiger partial charge in [-0.05, 0) is 87.1 Å². The largest absolute Gasteiger partial charge is 0.370 e. The smallest absolute Gasteiger partial charge is 0.329 e. The van der Waals surface area contributed by atoms with Crippen LogP contribution >= 0.6 is 0 Å². The molecular formula is C44H56N10O4. The number of aromatic amines is 2. The van der Waals surface area contributed by atoms with Gasteiger partial charge in [-0.25, -0.2) is 4.79 Å². The van der Waals surface area contributed by atoms with Crippen LogP contribution < -0.4 is 20.8 Å². The number of aromatic nitrogens is 5. The van der Waals surface area contributed by atoms with Crippen molar-refractivity contribution >= 4 is 51.0 Å². The Balaban J connectivity index is 0.783. The molecule has 9 rings (SSSR count). The Hall–Kier alpha value is -5.21. The van der Waals surface area contributed by atoms with E-state index in [1.807, 2.05) is 32.2 Å². The van der Waals surface area contributed by atoms with Gasteiger partial charge < -0.3 is 19.7 Å². The fourth-order valence-corrected chi connectivity index (χ4v) is 10.0. The highest BCUT2D eigenvalue weighted by Crippen LogP contribution is 2.39. The molecule has 3 aliphatic heterocycles. The Bertz CT molecular complexity index is 2460. The number of hydrogen-bond donors (Lipinski definition) is 3. The molecule has 0 spiro atoms. The SMILES string of the molecule is C[C@@H](C(=O)N(C)c1ccc2cc(-c3n[nH]c4c3CCC(C)(C)C4)[nH]c2c1)N1CCN(CC2CCN(c3cccc4c3n(C)c(=O)n4C3CCC(=O)NC3=O)CC2)CC1. The van der Waals surface area contributed by atoms with E-state index >= 15 is 0 Å². The van der Waals surface area contributed by atoms with E-state index in [1.54, 1.807) is 21.1 Å². The highest BCUT2D eigenvalue weighted by atomic mass is 16.2. The number of para-hydroxylation sites is 1. The van der Waals surface area contributed by atoms with Gasteiger partial charge in [-0.2, -0.15) is 5.10 Å². The highest BCUT2D eigenvalue weighted by molar-refractivity contribution is 6.01. The number of likely N-dealkylation sites (N-methyl/N-ethyl adjacent to an activating group) is 1. The number of rotatable bonds is 8. The third-order valence-electron chi connectivity index (χ3n) is 13.6. The van der Waals surface area contributed by atoms with E-state index in [0.717, 1.165) is 123 Å². The summed E-state index contributed by atoms with van der Waals surface area (Å²) in [5.41, 5.74) is 9.06. The van der Waals surface area contributed by atoms with Crippen molar-refractivity contribution in [1.82, 2.24) is 39.4 Å². The van der Waals surface area contributed by atoms with Crippen LogP contribution in [0.4, 0.5) is 11.4 Å². The molecule has 14 heteroatoms. The van der Waals surface area contributed by atoms with E-state index in [2.05, 4.69) is 68.2 Å². The maximum absolute atomic E-state index is 13.9. The molecule has 1 aliphatic carbocycles.